The molecule has 0 fully saturated rings. The zero-order valence-electron chi connectivity index (χ0n) is 12.4. The summed E-state index contributed by atoms with van der Waals surface area (Å²) >= 11 is 1.48. The Morgan fingerprint density at radius 3 is 2.43 bits per heavy atom. The topological polar surface area (TPSA) is 47.0 Å². The lowest BCUT2D eigenvalue weighted by Crippen LogP contribution is -2.04. The van der Waals surface area contributed by atoms with Crippen LogP contribution in [0.3, 0.4) is 0 Å². The van der Waals surface area contributed by atoms with Gasteiger partial charge in [0, 0.05) is 22.8 Å². The van der Waals surface area contributed by atoms with Crippen molar-refractivity contribution in [1.29, 1.82) is 0 Å². The van der Waals surface area contributed by atoms with Crippen molar-refractivity contribution in [3.05, 3.63) is 57.6 Å². The van der Waals surface area contributed by atoms with E-state index in [0.29, 0.717) is 17.7 Å². The van der Waals surface area contributed by atoms with Crippen LogP contribution in [0.15, 0.2) is 34.6 Å². The summed E-state index contributed by atoms with van der Waals surface area (Å²) in [5, 5.41) is 2.74. The molecule has 1 aliphatic carbocycles. The van der Waals surface area contributed by atoms with Gasteiger partial charge in [0.05, 0.1) is 10.7 Å². The zero-order valence-corrected chi connectivity index (χ0v) is 14.1. The van der Waals surface area contributed by atoms with Gasteiger partial charge in [0.15, 0.2) is 9.84 Å². The van der Waals surface area contributed by atoms with E-state index >= 15 is 0 Å². The number of hydrogen-bond donors (Lipinski definition) is 0. The number of aromatic nitrogens is 1. The lowest BCUT2D eigenvalue weighted by atomic mass is 9.98. The molecule has 120 valence electrons. The highest BCUT2D eigenvalue weighted by Crippen LogP contribution is 2.38. The van der Waals surface area contributed by atoms with Crippen LogP contribution < -0.4 is 0 Å². The summed E-state index contributed by atoms with van der Waals surface area (Å²) in [4.78, 5) is 3.74. The molecule has 0 amide bonds. The Labute approximate surface area is 136 Å². The van der Waals surface area contributed by atoms with Crippen LogP contribution in [-0.2, 0) is 9.84 Å². The van der Waals surface area contributed by atoms with E-state index in [2.05, 4.69) is 4.98 Å². The van der Waals surface area contributed by atoms with Crippen LogP contribution in [0.25, 0.3) is 11.1 Å². The van der Waals surface area contributed by atoms with E-state index in [0.717, 1.165) is 29.0 Å². The van der Waals surface area contributed by atoms with Crippen molar-refractivity contribution in [3.63, 3.8) is 0 Å². The average molecular weight is 353 g/mol. The standard InChI is InChI=1S/C16H13F2NO2S2/c1-9-19-15(8-22-9)11-5-3-4-10(11)12-6-14(18)16(7-13(12)17)23(2,20)21/h4-8H,3H2,1-2H3. The first-order chi connectivity index (χ1) is 10.8. The Morgan fingerprint density at radius 1 is 1.13 bits per heavy atom. The molecule has 0 N–H and O–H groups in total. The van der Waals surface area contributed by atoms with E-state index in [4.69, 9.17) is 0 Å². The number of benzene rings is 1. The molecule has 0 unspecified atom stereocenters. The number of aryl methyl sites for hydroxylation is 1. The highest BCUT2D eigenvalue weighted by molar-refractivity contribution is 7.90. The average Bonchev–Trinajstić information content (AvgIpc) is 3.08. The molecule has 1 heterocycles. The molecule has 0 bridgehead atoms. The van der Waals surface area contributed by atoms with Gasteiger partial charge in [-0.15, -0.1) is 11.3 Å². The second-order valence-corrected chi connectivity index (χ2v) is 8.30. The van der Waals surface area contributed by atoms with E-state index in [1.165, 1.54) is 11.3 Å². The first-order valence-electron chi connectivity index (χ1n) is 6.80. The van der Waals surface area contributed by atoms with Gasteiger partial charge < -0.3 is 0 Å². The molecule has 0 radical (unpaired) electrons. The Morgan fingerprint density at radius 2 is 1.83 bits per heavy atom. The Kier molecular flexibility index (Phi) is 3.93. The third kappa shape index (κ3) is 2.98. The van der Waals surface area contributed by atoms with Gasteiger partial charge in [-0.05, 0) is 31.1 Å². The van der Waals surface area contributed by atoms with E-state index in [9.17, 15) is 17.2 Å². The molecule has 23 heavy (non-hydrogen) atoms. The summed E-state index contributed by atoms with van der Waals surface area (Å²) in [5.74, 6) is -1.72. The molecule has 3 nitrogen and oxygen atoms in total. The normalized spacial score (nSPS) is 14.8. The maximum absolute atomic E-state index is 14.4. The Bertz CT molecular complexity index is 956. The molecule has 0 saturated heterocycles. The lowest BCUT2D eigenvalue weighted by Gasteiger charge is -2.10. The minimum Gasteiger partial charge on any atom is -0.242 e. The molecule has 1 aromatic carbocycles. The molecule has 0 saturated carbocycles. The van der Waals surface area contributed by atoms with Crippen LogP contribution in [0.2, 0.25) is 0 Å². The summed E-state index contributed by atoms with van der Waals surface area (Å²) < 4.78 is 51.5. The minimum atomic E-state index is -3.82. The number of halogens is 2. The quantitative estimate of drug-likeness (QED) is 0.838. The van der Waals surface area contributed by atoms with Crippen LogP contribution in [-0.4, -0.2) is 19.7 Å². The summed E-state index contributed by atoms with van der Waals surface area (Å²) in [6.07, 6.45) is 5.12. The molecular weight excluding hydrogens is 340 g/mol. The molecule has 1 aromatic heterocycles. The van der Waals surface area contributed by atoms with Crippen molar-refractivity contribution < 1.29 is 17.2 Å². The predicted octanol–water partition coefficient (Wildman–Crippen LogP) is 4.00. The Hall–Kier alpha value is -1.86. The second-order valence-electron chi connectivity index (χ2n) is 5.26. The van der Waals surface area contributed by atoms with E-state index in [1.807, 2.05) is 18.4 Å². The van der Waals surface area contributed by atoms with Crippen molar-refractivity contribution in [1.82, 2.24) is 4.98 Å². The van der Waals surface area contributed by atoms with Gasteiger partial charge in [0.2, 0.25) is 0 Å². The number of rotatable bonds is 3. The summed E-state index contributed by atoms with van der Waals surface area (Å²) in [7, 11) is -3.82. The molecule has 0 aliphatic heterocycles. The van der Waals surface area contributed by atoms with Gasteiger partial charge in [-0.25, -0.2) is 22.2 Å². The first-order valence-corrected chi connectivity index (χ1v) is 9.57. The fourth-order valence-corrected chi connectivity index (χ4v) is 3.86. The van der Waals surface area contributed by atoms with Crippen molar-refractivity contribution in [2.45, 2.75) is 18.2 Å². The van der Waals surface area contributed by atoms with Gasteiger partial charge in [-0.3, -0.25) is 0 Å². The van der Waals surface area contributed by atoms with E-state index < -0.39 is 26.4 Å². The van der Waals surface area contributed by atoms with E-state index in [1.54, 1.807) is 6.08 Å². The molecule has 2 aromatic rings. The highest BCUT2D eigenvalue weighted by Gasteiger charge is 2.23. The van der Waals surface area contributed by atoms with Gasteiger partial charge >= 0.3 is 0 Å². The van der Waals surface area contributed by atoms with Crippen molar-refractivity contribution in [3.8, 4) is 0 Å². The number of nitrogens with zero attached hydrogens (tertiary/aromatic N) is 1. The summed E-state index contributed by atoms with van der Waals surface area (Å²) in [6.45, 7) is 1.87. The lowest BCUT2D eigenvalue weighted by molar-refractivity contribution is 0.554. The highest BCUT2D eigenvalue weighted by atomic mass is 32.2. The predicted molar refractivity (Wildman–Crippen MR) is 86.9 cm³/mol. The maximum atomic E-state index is 14.4. The first kappa shape index (κ1) is 16.0. The van der Waals surface area contributed by atoms with Crippen LogP contribution in [0.4, 0.5) is 8.78 Å². The number of hydrogen-bond acceptors (Lipinski definition) is 4. The SMILES string of the molecule is Cc1nc(C2=CCC=C2c2cc(F)c(S(C)(=O)=O)cc2F)cs1. The van der Waals surface area contributed by atoms with Gasteiger partial charge in [-0.1, -0.05) is 12.2 Å². The fraction of sp³-hybridized carbons (Fsp3) is 0.188. The Balaban J connectivity index is 2.09. The monoisotopic (exact) mass is 353 g/mol. The molecule has 0 spiro atoms. The smallest absolute Gasteiger partial charge is 0.178 e. The fourth-order valence-electron chi connectivity index (χ4n) is 2.52. The van der Waals surface area contributed by atoms with Gasteiger partial charge in [0.25, 0.3) is 0 Å². The van der Waals surface area contributed by atoms with Crippen LogP contribution in [0, 0.1) is 18.6 Å². The second kappa shape index (κ2) is 5.65. The molecular formula is C16H13F2NO2S2. The number of thiazole rings is 1. The van der Waals surface area contributed by atoms with Crippen molar-refractivity contribution in [2.75, 3.05) is 6.26 Å². The third-order valence-electron chi connectivity index (χ3n) is 3.54. The minimum absolute atomic E-state index is 0.0457. The number of allylic oxidation sites excluding steroid dienone is 4. The largest absolute Gasteiger partial charge is 0.242 e. The maximum Gasteiger partial charge on any atom is 0.178 e. The van der Waals surface area contributed by atoms with E-state index in [-0.39, 0.29) is 5.56 Å². The van der Waals surface area contributed by atoms with Crippen molar-refractivity contribution >= 4 is 32.3 Å². The number of sulfone groups is 1. The molecule has 3 rings (SSSR count). The van der Waals surface area contributed by atoms with Crippen LogP contribution in [0.5, 0.6) is 0 Å². The zero-order chi connectivity index (χ0) is 16.8. The molecule has 1 aliphatic rings. The van der Waals surface area contributed by atoms with Crippen LogP contribution >= 0.6 is 11.3 Å². The van der Waals surface area contributed by atoms with Crippen LogP contribution in [0.1, 0.15) is 22.7 Å². The van der Waals surface area contributed by atoms with Crippen molar-refractivity contribution in [2.24, 2.45) is 0 Å². The summed E-state index contributed by atoms with van der Waals surface area (Å²) in [5.41, 5.74) is 2.03. The van der Waals surface area contributed by atoms with Gasteiger partial charge in [-0.2, -0.15) is 0 Å². The third-order valence-corrected chi connectivity index (χ3v) is 5.43. The molecule has 7 heteroatoms. The summed E-state index contributed by atoms with van der Waals surface area (Å²) in [6, 6.07) is 1.68. The molecule has 0 atom stereocenters. The van der Waals surface area contributed by atoms with Gasteiger partial charge in [0.1, 0.15) is 16.5 Å².